The van der Waals surface area contributed by atoms with Gasteiger partial charge < -0.3 is 5.32 Å². The van der Waals surface area contributed by atoms with Crippen molar-refractivity contribution in [2.75, 3.05) is 5.32 Å². The summed E-state index contributed by atoms with van der Waals surface area (Å²) in [5, 5.41) is 5.17. The van der Waals surface area contributed by atoms with E-state index in [-0.39, 0.29) is 0 Å². The Balaban J connectivity index is 2.19. The Morgan fingerprint density at radius 2 is 2.31 bits per heavy atom. The molecule has 1 N–H and O–H groups in total. The Kier molecular flexibility index (Phi) is 3.66. The topological polar surface area (TPSA) is 24.9 Å². The number of nitrogens with zero attached hydrogens (tertiary/aromatic N) is 1. The molecule has 0 aliphatic carbocycles. The Morgan fingerprint density at radius 1 is 1.50 bits per heavy atom. The highest BCUT2D eigenvalue weighted by atomic mass is 35.5. The van der Waals surface area contributed by atoms with Crippen molar-refractivity contribution in [2.24, 2.45) is 0 Å². The van der Waals surface area contributed by atoms with Gasteiger partial charge in [0.25, 0.3) is 0 Å². The summed E-state index contributed by atoms with van der Waals surface area (Å²) >= 11 is 7.60. The number of halogens is 1. The SMILES string of the molecule is CCCC(C)Nc1nc2ccc(Cl)cc2s1. The summed E-state index contributed by atoms with van der Waals surface area (Å²) in [6, 6.07) is 6.28. The summed E-state index contributed by atoms with van der Waals surface area (Å²) in [4.78, 5) is 4.52. The number of hydrogen-bond acceptors (Lipinski definition) is 3. The number of nitrogens with one attached hydrogen (secondary N) is 1. The third-order valence-electron chi connectivity index (χ3n) is 2.44. The van der Waals surface area contributed by atoms with E-state index in [1.807, 2.05) is 18.2 Å². The first-order valence-electron chi connectivity index (χ1n) is 5.51. The van der Waals surface area contributed by atoms with Crippen molar-refractivity contribution < 1.29 is 0 Å². The standard InChI is InChI=1S/C12H15ClN2S/c1-3-4-8(2)14-12-15-10-6-5-9(13)7-11(10)16-12/h5-8H,3-4H2,1-2H3,(H,14,15). The zero-order chi connectivity index (χ0) is 11.5. The molecule has 4 heteroatoms. The molecule has 0 aliphatic rings. The number of rotatable bonds is 4. The lowest BCUT2D eigenvalue weighted by Gasteiger charge is -2.10. The van der Waals surface area contributed by atoms with Crippen LogP contribution in [0, 0.1) is 0 Å². The molecule has 0 aliphatic heterocycles. The molecular weight excluding hydrogens is 240 g/mol. The van der Waals surface area contributed by atoms with Crippen LogP contribution in [-0.2, 0) is 0 Å². The fourth-order valence-corrected chi connectivity index (χ4v) is 2.93. The second-order valence-corrected chi connectivity index (χ2v) is 5.43. The molecule has 16 heavy (non-hydrogen) atoms. The number of anilines is 1. The van der Waals surface area contributed by atoms with Gasteiger partial charge >= 0.3 is 0 Å². The van der Waals surface area contributed by atoms with Crippen molar-refractivity contribution in [2.45, 2.75) is 32.7 Å². The van der Waals surface area contributed by atoms with Crippen molar-refractivity contribution in [1.82, 2.24) is 4.98 Å². The van der Waals surface area contributed by atoms with Gasteiger partial charge in [0.2, 0.25) is 0 Å². The maximum atomic E-state index is 5.94. The zero-order valence-corrected chi connectivity index (χ0v) is 11.0. The Bertz CT molecular complexity index is 481. The van der Waals surface area contributed by atoms with Gasteiger partial charge in [-0.25, -0.2) is 4.98 Å². The summed E-state index contributed by atoms with van der Waals surface area (Å²) in [5.74, 6) is 0. The molecule has 0 saturated heterocycles. The quantitative estimate of drug-likeness (QED) is 0.866. The molecule has 1 heterocycles. The molecule has 2 rings (SSSR count). The first-order valence-corrected chi connectivity index (χ1v) is 6.71. The van der Waals surface area contributed by atoms with Crippen LogP contribution in [-0.4, -0.2) is 11.0 Å². The molecule has 1 aromatic heterocycles. The van der Waals surface area contributed by atoms with Crippen molar-refractivity contribution >= 4 is 38.3 Å². The molecule has 2 nitrogen and oxygen atoms in total. The first kappa shape index (κ1) is 11.7. The van der Waals surface area contributed by atoms with Gasteiger partial charge in [0.1, 0.15) is 0 Å². The predicted octanol–water partition coefficient (Wildman–Crippen LogP) is 4.55. The molecule has 1 atom stereocenters. The molecule has 1 unspecified atom stereocenters. The van der Waals surface area contributed by atoms with Crippen LogP contribution in [0.5, 0.6) is 0 Å². The molecule has 1 aromatic carbocycles. The summed E-state index contributed by atoms with van der Waals surface area (Å²) < 4.78 is 1.14. The highest BCUT2D eigenvalue weighted by Gasteiger charge is 2.06. The van der Waals surface area contributed by atoms with Gasteiger partial charge in [-0.1, -0.05) is 36.3 Å². The predicted molar refractivity (Wildman–Crippen MR) is 72.6 cm³/mol. The molecule has 0 saturated carbocycles. The highest BCUT2D eigenvalue weighted by molar-refractivity contribution is 7.22. The van der Waals surface area contributed by atoms with E-state index in [4.69, 9.17) is 11.6 Å². The van der Waals surface area contributed by atoms with Crippen LogP contribution in [0.25, 0.3) is 10.2 Å². The Hall–Kier alpha value is -0.800. The van der Waals surface area contributed by atoms with Gasteiger partial charge in [-0.15, -0.1) is 0 Å². The van der Waals surface area contributed by atoms with Gasteiger partial charge in [-0.2, -0.15) is 0 Å². The molecule has 0 radical (unpaired) electrons. The molecule has 86 valence electrons. The average molecular weight is 255 g/mol. The molecule has 2 aromatic rings. The maximum absolute atomic E-state index is 5.94. The number of benzene rings is 1. The van der Waals surface area contributed by atoms with E-state index in [0.717, 1.165) is 26.8 Å². The van der Waals surface area contributed by atoms with Gasteiger partial charge in [0.15, 0.2) is 5.13 Å². The smallest absolute Gasteiger partial charge is 0.183 e. The summed E-state index contributed by atoms with van der Waals surface area (Å²) in [5.41, 5.74) is 1.01. The summed E-state index contributed by atoms with van der Waals surface area (Å²) in [6.07, 6.45) is 2.35. The number of thiazole rings is 1. The van der Waals surface area contributed by atoms with Crippen LogP contribution >= 0.6 is 22.9 Å². The fraction of sp³-hybridized carbons (Fsp3) is 0.417. The van der Waals surface area contributed by atoms with E-state index >= 15 is 0 Å². The molecular formula is C12H15ClN2S. The van der Waals surface area contributed by atoms with Crippen LogP contribution in [0.4, 0.5) is 5.13 Å². The minimum Gasteiger partial charge on any atom is -0.359 e. The molecule has 0 amide bonds. The third kappa shape index (κ3) is 2.66. The van der Waals surface area contributed by atoms with E-state index in [1.165, 1.54) is 6.42 Å². The first-order chi connectivity index (χ1) is 7.69. The van der Waals surface area contributed by atoms with Gasteiger partial charge in [-0.05, 0) is 31.5 Å². The molecule has 0 spiro atoms. The lowest BCUT2D eigenvalue weighted by Crippen LogP contribution is -2.13. The van der Waals surface area contributed by atoms with E-state index < -0.39 is 0 Å². The Labute approximate surface area is 105 Å². The highest BCUT2D eigenvalue weighted by Crippen LogP contribution is 2.28. The summed E-state index contributed by atoms with van der Waals surface area (Å²) in [6.45, 7) is 4.37. The number of aromatic nitrogens is 1. The third-order valence-corrected chi connectivity index (χ3v) is 3.63. The van der Waals surface area contributed by atoms with Crippen LogP contribution in [0.1, 0.15) is 26.7 Å². The minimum atomic E-state index is 0.473. The van der Waals surface area contributed by atoms with Crippen LogP contribution < -0.4 is 5.32 Å². The van der Waals surface area contributed by atoms with Crippen LogP contribution in [0.3, 0.4) is 0 Å². The minimum absolute atomic E-state index is 0.473. The monoisotopic (exact) mass is 254 g/mol. The van der Waals surface area contributed by atoms with Gasteiger partial charge in [-0.3, -0.25) is 0 Å². The number of fused-ring (bicyclic) bond motifs is 1. The van der Waals surface area contributed by atoms with Crippen LogP contribution in [0.2, 0.25) is 5.02 Å². The lowest BCUT2D eigenvalue weighted by molar-refractivity contribution is 0.690. The van der Waals surface area contributed by atoms with Crippen molar-refractivity contribution in [3.63, 3.8) is 0 Å². The van der Waals surface area contributed by atoms with Crippen molar-refractivity contribution in [3.8, 4) is 0 Å². The average Bonchev–Trinajstić information content (AvgIpc) is 2.59. The zero-order valence-electron chi connectivity index (χ0n) is 9.46. The maximum Gasteiger partial charge on any atom is 0.183 e. The van der Waals surface area contributed by atoms with Gasteiger partial charge in [0, 0.05) is 11.1 Å². The van der Waals surface area contributed by atoms with Crippen molar-refractivity contribution in [1.29, 1.82) is 0 Å². The largest absolute Gasteiger partial charge is 0.359 e. The summed E-state index contributed by atoms with van der Waals surface area (Å²) in [7, 11) is 0. The lowest BCUT2D eigenvalue weighted by atomic mass is 10.2. The van der Waals surface area contributed by atoms with Crippen molar-refractivity contribution in [3.05, 3.63) is 23.2 Å². The molecule has 0 fully saturated rings. The normalized spacial score (nSPS) is 12.9. The van der Waals surface area contributed by atoms with Gasteiger partial charge in [0.05, 0.1) is 10.2 Å². The molecule has 0 bridgehead atoms. The second-order valence-electron chi connectivity index (χ2n) is 3.97. The van der Waals surface area contributed by atoms with Crippen LogP contribution in [0.15, 0.2) is 18.2 Å². The van der Waals surface area contributed by atoms with E-state index in [1.54, 1.807) is 11.3 Å². The van der Waals surface area contributed by atoms with E-state index in [0.29, 0.717) is 6.04 Å². The van der Waals surface area contributed by atoms with E-state index in [9.17, 15) is 0 Å². The second kappa shape index (κ2) is 5.02. The number of hydrogen-bond donors (Lipinski definition) is 1. The Morgan fingerprint density at radius 3 is 3.06 bits per heavy atom. The van der Waals surface area contributed by atoms with E-state index in [2.05, 4.69) is 24.1 Å². The fourth-order valence-electron chi connectivity index (χ4n) is 1.68.